The summed E-state index contributed by atoms with van der Waals surface area (Å²) in [6, 6.07) is 25.0. The monoisotopic (exact) mass is 701 g/mol. The van der Waals surface area contributed by atoms with Gasteiger partial charge in [0.1, 0.15) is 27.9 Å². The Morgan fingerprint density at radius 2 is 1.08 bits per heavy atom. The van der Waals surface area contributed by atoms with Gasteiger partial charge in [-0.2, -0.15) is 8.42 Å². The third-order valence-electron chi connectivity index (χ3n) is 8.97. The fourth-order valence-corrected chi connectivity index (χ4v) is 7.75. The molecule has 0 unspecified atom stereocenters. The van der Waals surface area contributed by atoms with Crippen LogP contribution in [0, 0.1) is 33.1 Å². The number of hydrogen-bond donors (Lipinski definition) is 4. The van der Waals surface area contributed by atoms with Crippen molar-refractivity contribution in [3.8, 4) is 28.7 Å². The molecule has 0 atom stereocenters. The molecule has 258 valence electrons. The highest BCUT2D eigenvalue weighted by Gasteiger charge is 2.26. The van der Waals surface area contributed by atoms with Crippen LogP contribution in [0.1, 0.15) is 55.6 Å². The van der Waals surface area contributed by atoms with Gasteiger partial charge in [0.05, 0.1) is 0 Å². The van der Waals surface area contributed by atoms with Gasteiger partial charge >= 0.3 is 15.8 Å². The molecule has 0 saturated heterocycles. The molecule has 0 amide bonds. The Bertz CT molecular complexity index is 2500. The van der Waals surface area contributed by atoms with Crippen LogP contribution in [0.4, 0.5) is 5.69 Å². The first kappa shape index (κ1) is 34.8. The second-order valence-electron chi connectivity index (χ2n) is 13.1. The predicted octanol–water partition coefficient (Wildman–Crippen LogP) is 8.92. The van der Waals surface area contributed by atoms with Crippen molar-refractivity contribution >= 4 is 26.6 Å². The number of diazo groups is 1. The molecule has 0 radical (unpaired) electrons. The highest BCUT2D eigenvalue weighted by molar-refractivity contribution is 7.87. The third kappa shape index (κ3) is 7.16. The topological polar surface area (TPSA) is 152 Å². The van der Waals surface area contributed by atoms with Gasteiger partial charge in [0.15, 0.2) is 4.98 Å². The molecule has 0 bridgehead atoms. The molecule has 6 aromatic carbocycles. The lowest BCUT2D eigenvalue weighted by Gasteiger charge is -2.17. The van der Waals surface area contributed by atoms with Gasteiger partial charge in [0, 0.05) is 41.7 Å². The smallest absolute Gasteiger partial charge is 0.426 e. The van der Waals surface area contributed by atoms with Crippen molar-refractivity contribution in [1.29, 1.82) is 5.39 Å². The van der Waals surface area contributed by atoms with Gasteiger partial charge in [-0.1, -0.05) is 82.9 Å². The van der Waals surface area contributed by atoms with E-state index in [1.54, 1.807) is 24.3 Å². The lowest BCUT2D eigenvalue weighted by atomic mass is 9.92. The molecule has 51 heavy (non-hydrogen) atoms. The average molecular weight is 702 g/mol. The molecule has 6 rings (SSSR count). The minimum absolute atomic E-state index is 0.0179. The van der Waals surface area contributed by atoms with Crippen LogP contribution in [0.5, 0.6) is 28.7 Å². The largest absolute Gasteiger partial charge is 0.508 e. The number of hydrogen-bond acceptors (Lipinski definition) is 8. The summed E-state index contributed by atoms with van der Waals surface area (Å²) in [5.74, 6) is -0.0291. The van der Waals surface area contributed by atoms with Gasteiger partial charge in [-0.15, -0.1) is 0 Å². The number of nitrogens with zero attached hydrogens (tertiary/aromatic N) is 2. The summed E-state index contributed by atoms with van der Waals surface area (Å²) < 4.78 is 33.2. The Morgan fingerprint density at radius 1 is 0.569 bits per heavy atom. The number of aryl methyl sites for hydroxylation is 4. The summed E-state index contributed by atoms with van der Waals surface area (Å²) >= 11 is 0. The fourth-order valence-electron chi connectivity index (χ4n) is 6.57. The second kappa shape index (κ2) is 13.7. The van der Waals surface area contributed by atoms with E-state index in [1.807, 2.05) is 64.1 Å². The molecule has 0 aromatic heterocycles. The summed E-state index contributed by atoms with van der Waals surface area (Å²) in [4.78, 5) is 2.86. The molecule has 0 heterocycles. The quantitative estimate of drug-likeness (QED) is 0.0861. The molecule has 0 aliphatic carbocycles. The van der Waals surface area contributed by atoms with Crippen LogP contribution in [0.2, 0.25) is 0 Å². The average Bonchev–Trinajstić information content (AvgIpc) is 3.08. The number of phenols is 4. The Balaban J connectivity index is 1.33. The van der Waals surface area contributed by atoms with E-state index in [-0.39, 0.29) is 62.9 Å². The summed E-state index contributed by atoms with van der Waals surface area (Å²) in [5, 5.41) is 53.5. The highest BCUT2D eigenvalue weighted by Crippen LogP contribution is 2.39. The Morgan fingerprint density at radius 3 is 1.67 bits per heavy atom. The third-order valence-corrected chi connectivity index (χ3v) is 10.3. The van der Waals surface area contributed by atoms with Crippen molar-refractivity contribution in [1.82, 2.24) is 0 Å². The molecule has 4 N–H and O–H groups in total. The maximum Gasteiger partial charge on any atom is 0.426 e. The molecule has 0 fully saturated rings. The van der Waals surface area contributed by atoms with Crippen LogP contribution in [-0.2, 0) is 29.4 Å². The van der Waals surface area contributed by atoms with E-state index in [1.165, 1.54) is 30.3 Å². The minimum Gasteiger partial charge on any atom is -0.508 e. The SMILES string of the molecule is Cc1ccc(O)c(Cc2cc(C)cc(Cc3cc(C)cc(Cc4cc(C)ccc4OS(=O)(=O)c4cccc5c(O)c([N+]#N)ccc45)c3O)c2O)c1. The van der Waals surface area contributed by atoms with Crippen LogP contribution in [0.15, 0.2) is 95.9 Å². The van der Waals surface area contributed by atoms with Crippen molar-refractivity contribution < 1.29 is 33.0 Å². The minimum atomic E-state index is -4.42. The zero-order chi connectivity index (χ0) is 36.6. The summed E-state index contributed by atoms with van der Waals surface area (Å²) in [7, 11) is -4.42. The van der Waals surface area contributed by atoms with Crippen LogP contribution in [-0.4, -0.2) is 28.8 Å². The Hall–Kier alpha value is -6.05. The molecular formula is C41H37N2O7S+. The second-order valence-corrected chi connectivity index (χ2v) is 14.6. The molecular weight excluding hydrogens is 665 g/mol. The molecule has 0 aliphatic rings. The van der Waals surface area contributed by atoms with Crippen LogP contribution in [0.25, 0.3) is 15.7 Å². The van der Waals surface area contributed by atoms with Crippen LogP contribution >= 0.6 is 0 Å². The van der Waals surface area contributed by atoms with Crippen molar-refractivity contribution in [3.05, 3.63) is 152 Å². The number of aromatic hydroxyl groups is 4. The molecule has 6 aromatic rings. The number of benzene rings is 6. The number of phenolic OH excluding ortho intramolecular Hbond substituents is 4. The number of fused-ring (bicyclic) bond motifs is 1. The van der Waals surface area contributed by atoms with Gasteiger partial charge in [-0.05, 0) is 79.8 Å². The molecule has 0 saturated carbocycles. The van der Waals surface area contributed by atoms with E-state index < -0.39 is 10.1 Å². The lowest BCUT2D eigenvalue weighted by Crippen LogP contribution is -2.12. The molecule has 10 heteroatoms. The standard InChI is InChI=1S/C41H36N2O7S/c1-23-8-12-36(44)27(14-23)20-29-16-25(3)18-31(39(29)45)22-32-19-26(4)17-30(40(32)46)21-28-15-24(2)9-13-37(28)50-51(48,49)38-7-5-6-34-33(38)10-11-35(43-42)41(34)47/h5-19H,20-22H2,1-4H3,(H3-,44,45,46,47)/p+1. The Kier molecular flexibility index (Phi) is 9.34. The van der Waals surface area contributed by atoms with Crippen molar-refractivity contribution in [2.45, 2.75) is 51.9 Å². The number of rotatable bonds is 9. The first-order valence-corrected chi connectivity index (χ1v) is 17.7. The normalized spacial score (nSPS) is 11.4. The summed E-state index contributed by atoms with van der Waals surface area (Å²) in [5.41, 5.74) is 7.17. The van der Waals surface area contributed by atoms with Crippen molar-refractivity contribution in [2.24, 2.45) is 0 Å². The summed E-state index contributed by atoms with van der Waals surface area (Å²) in [6.45, 7) is 7.64. The van der Waals surface area contributed by atoms with E-state index in [0.717, 1.165) is 22.3 Å². The first-order valence-electron chi connectivity index (χ1n) is 16.3. The van der Waals surface area contributed by atoms with Gasteiger partial charge in [-0.25, -0.2) is 0 Å². The summed E-state index contributed by atoms with van der Waals surface area (Å²) in [6.07, 6.45) is 0.700. The lowest BCUT2D eigenvalue weighted by molar-refractivity contribution is 0.455. The van der Waals surface area contributed by atoms with Crippen molar-refractivity contribution in [2.75, 3.05) is 0 Å². The zero-order valence-electron chi connectivity index (χ0n) is 28.6. The van der Waals surface area contributed by atoms with Crippen LogP contribution < -0.4 is 4.18 Å². The van der Waals surface area contributed by atoms with E-state index in [4.69, 9.17) is 4.18 Å². The highest BCUT2D eigenvalue weighted by atomic mass is 32.2. The maximum absolute atomic E-state index is 13.7. The van der Waals surface area contributed by atoms with Gasteiger partial charge in [0.2, 0.25) is 11.1 Å². The first-order chi connectivity index (χ1) is 24.2. The van der Waals surface area contributed by atoms with Crippen molar-refractivity contribution in [3.63, 3.8) is 0 Å². The van der Waals surface area contributed by atoms with E-state index in [0.29, 0.717) is 39.8 Å². The van der Waals surface area contributed by atoms with E-state index in [9.17, 15) is 34.2 Å². The molecule has 0 aliphatic heterocycles. The fraction of sp³-hybridized carbons (Fsp3) is 0.171. The van der Waals surface area contributed by atoms with Gasteiger partial charge in [0.25, 0.3) is 0 Å². The Labute approximate surface area is 296 Å². The predicted molar refractivity (Wildman–Crippen MR) is 196 cm³/mol. The van der Waals surface area contributed by atoms with E-state index >= 15 is 0 Å². The molecule has 9 nitrogen and oxygen atoms in total. The zero-order valence-corrected chi connectivity index (χ0v) is 29.4. The molecule has 0 spiro atoms. The van der Waals surface area contributed by atoms with Gasteiger partial charge < -0.3 is 24.6 Å². The van der Waals surface area contributed by atoms with Crippen LogP contribution in [0.3, 0.4) is 0 Å². The van der Waals surface area contributed by atoms with Gasteiger partial charge in [-0.3, -0.25) is 0 Å². The maximum atomic E-state index is 13.7. The van der Waals surface area contributed by atoms with E-state index in [2.05, 4.69) is 4.98 Å².